The van der Waals surface area contributed by atoms with Gasteiger partial charge in [-0.2, -0.15) is 0 Å². The molecule has 4 heteroatoms. The van der Waals surface area contributed by atoms with Crippen LogP contribution in [0.1, 0.15) is 12.0 Å². The van der Waals surface area contributed by atoms with Crippen molar-refractivity contribution in [1.82, 2.24) is 0 Å². The smallest absolute Gasteiger partial charge is 0.123 e. The molecule has 22 heavy (non-hydrogen) atoms. The van der Waals surface area contributed by atoms with Crippen LogP contribution in [0.15, 0.2) is 48.5 Å². The minimum absolute atomic E-state index is 0.101. The van der Waals surface area contributed by atoms with Crippen LogP contribution < -0.4 is 10.6 Å². The van der Waals surface area contributed by atoms with E-state index in [2.05, 4.69) is 4.90 Å². The molecule has 116 valence electrons. The number of nitrogens with two attached hydrogens (primary N) is 1. The summed E-state index contributed by atoms with van der Waals surface area (Å²) in [7, 11) is 0. The lowest BCUT2D eigenvalue weighted by Crippen LogP contribution is -2.47. The molecule has 1 aliphatic heterocycles. The van der Waals surface area contributed by atoms with E-state index in [1.807, 2.05) is 12.1 Å². The molecule has 0 radical (unpaired) electrons. The summed E-state index contributed by atoms with van der Waals surface area (Å²) in [6.07, 6.45) is 1.83. The highest BCUT2D eigenvalue weighted by atomic mass is 19.1. The first kappa shape index (κ1) is 15.0. The fraction of sp³-hybridized carbons (Fsp3) is 0.333. The van der Waals surface area contributed by atoms with E-state index in [-0.39, 0.29) is 17.7 Å². The summed E-state index contributed by atoms with van der Waals surface area (Å²) in [5.41, 5.74) is 8.31. The molecule has 2 aromatic carbocycles. The molecule has 0 aliphatic carbocycles. The Morgan fingerprint density at radius 3 is 2.14 bits per heavy atom. The molecule has 2 nitrogen and oxygen atoms in total. The first-order valence-corrected chi connectivity index (χ1v) is 7.60. The number of halogens is 2. The van der Waals surface area contributed by atoms with Crippen LogP contribution in [0.25, 0.3) is 0 Å². The van der Waals surface area contributed by atoms with Crippen LogP contribution in [0.5, 0.6) is 0 Å². The molecule has 0 spiro atoms. The minimum atomic E-state index is -0.229. The summed E-state index contributed by atoms with van der Waals surface area (Å²) in [4.78, 5) is 2.21. The van der Waals surface area contributed by atoms with Crippen molar-refractivity contribution in [3.05, 3.63) is 65.7 Å². The van der Waals surface area contributed by atoms with E-state index < -0.39 is 0 Å². The van der Waals surface area contributed by atoms with E-state index in [1.165, 1.54) is 24.3 Å². The molecule has 1 heterocycles. The van der Waals surface area contributed by atoms with E-state index >= 15 is 0 Å². The molecule has 1 fully saturated rings. The summed E-state index contributed by atoms with van der Waals surface area (Å²) in [5, 5.41) is 0. The second-order valence-corrected chi connectivity index (χ2v) is 6.07. The Balaban J connectivity index is 1.70. The van der Waals surface area contributed by atoms with E-state index in [9.17, 15) is 8.78 Å². The lowest BCUT2D eigenvalue weighted by atomic mass is 9.89. The van der Waals surface area contributed by atoms with E-state index in [1.54, 1.807) is 12.1 Å². The molecule has 2 unspecified atom stereocenters. The van der Waals surface area contributed by atoms with Crippen LogP contribution in [-0.2, 0) is 6.42 Å². The van der Waals surface area contributed by atoms with Crippen molar-refractivity contribution in [1.29, 1.82) is 0 Å². The largest absolute Gasteiger partial charge is 0.370 e. The number of piperidine rings is 1. The normalized spacial score (nSPS) is 21.9. The van der Waals surface area contributed by atoms with E-state index in [0.717, 1.165) is 37.2 Å². The van der Waals surface area contributed by atoms with Gasteiger partial charge in [0.25, 0.3) is 0 Å². The van der Waals surface area contributed by atoms with Crippen molar-refractivity contribution >= 4 is 5.69 Å². The predicted octanol–water partition coefficient (Wildman–Crippen LogP) is 3.36. The van der Waals surface area contributed by atoms with Crippen LogP contribution in [-0.4, -0.2) is 19.1 Å². The van der Waals surface area contributed by atoms with Gasteiger partial charge in [0.2, 0.25) is 0 Å². The van der Waals surface area contributed by atoms with Crippen molar-refractivity contribution in [2.45, 2.75) is 18.9 Å². The Hall–Kier alpha value is -1.94. The van der Waals surface area contributed by atoms with Crippen LogP contribution in [0.2, 0.25) is 0 Å². The zero-order valence-corrected chi connectivity index (χ0v) is 12.4. The van der Waals surface area contributed by atoms with Crippen molar-refractivity contribution in [3.63, 3.8) is 0 Å². The van der Waals surface area contributed by atoms with Gasteiger partial charge in [-0.25, -0.2) is 8.78 Å². The maximum atomic E-state index is 13.1. The van der Waals surface area contributed by atoms with Gasteiger partial charge in [0.15, 0.2) is 0 Å². The summed E-state index contributed by atoms with van der Waals surface area (Å²) in [5.74, 6) is -0.0239. The minimum Gasteiger partial charge on any atom is -0.370 e. The zero-order valence-electron chi connectivity index (χ0n) is 12.4. The third-order valence-corrected chi connectivity index (χ3v) is 4.20. The monoisotopic (exact) mass is 302 g/mol. The summed E-state index contributed by atoms with van der Waals surface area (Å²) in [6.45, 7) is 1.67. The van der Waals surface area contributed by atoms with Gasteiger partial charge in [-0.3, -0.25) is 0 Å². The maximum absolute atomic E-state index is 13.1. The van der Waals surface area contributed by atoms with Gasteiger partial charge in [-0.1, -0.05) is 12.1 Å². The number of anilines is 1. The molecular weight excluding hydrogens is 282 g/mol. The van der Waals surface area contributed by atoms with E-state index in [4.69, 9.17) is 5.73 Å². The van der Waals surface area contributed by atoms with Crippen molar-refractivity contribution in [2.75, 3.05) is 18.0 Å². The number of nitrogens with zero attached hydrogens (tertiary/aromatic N) is 1. The first-order chi connectivity index (χ1) is 10.6. The molecule has 0 aromatic heterocycles. The molecule has 0 saturated carbocycles. The van der Waals surface area contributed by atoms with Crippen molar-refractivity contribution in [2.24, 2.45) is 11.7 Å². The number of benzene rings is 2. The number of hydrogen-bond donors (Lipinski definition) is 1. The third-order valence-electron chi connectivity index (χ3n) is 4.20. The Morgan fingerprint density at radius 2 is 1.50 bits per heavy atom. The average molecular weight is 302 g/mol. The fourth-order valence-corrected chi connectivity index (χ4v) is 3.21. The summed E-state index contributed by atoms with van der Waals surface area (Å²) >= 11 is 0. The SMILES string of the molecule is NC1CC(Cc2ccc(F)cc2)CN(c2ccc(F)cc2)C1. The third kappa shape index (κ3) is 3.63. The molecule has 1 saturated heterocycles. The Labute approximate surface area is 129 Å². The van der Waals surface area contributed by atoms with Crippen LogP contribution in [0, 0.1) is 17.6 Å². The molecule has 3 rings (SSSR count). The van der Waals surface area contributed by atoms with Crippen LogP contribution in [0.4, 0.5) is 14.5 Å². The van der Waals surface area contributed by atoms with Crippen LogP contribution in [0.3, 0.4) is 0 Å². The predicted molar refractivity (Wildman–Crippen MR) is 84.8 cm³/mol. The highest BCUT2D eigenvalue weighted by Gasteiger charge is 2.25. The first-order valence-electron chi connectivity index (χ1n) is 7.60. The fourth-order valence-electron chi connectivity index (χ4n) is 3.21. The molecule has 2 atom stereocenters. The standard InChI is InChI=1S/C18H20F2N2/c19-15-3-1-13(2-4-15)9-14-10-17(21)12-22(11-14)18-7-5-16(20)6-8-18/h1-8,14,17H,9-12,21H2. The Kier molecular flexibility index (Phi) is 4.39. The topological polar surface area (TPSA) is 29.3 Å². The Morgan fingerprint density at radius 1 is 0.909 bits per heavy atom. The molecule has 2 N–H and O–H groups in total. The van der Waals surface area contributed by atoms with Crippen LogP contribution >= 0.6 is 0 Å². The molecule has 2 aromatic rings. The maximum Gasteiger partial charge on any atom is 0.123 e. The van der Waals surface area contributed by atoms with Gasteiger partial charge in [-0.05, 0) is 60.7 Å². The van der Waals surface area contributed by atoms with Crippen molar-refractivity contribution in [3.8, 4) is 0 Å². The second-order valence-electron chi connectivity index (χ2n) is 6.07. The van der Waals surface area contributed by atoms with Gasteiger partial charge in [-0.15, -0.1) is 0 Å². The van der Waals surface area contributed by atoms with Gasteiger partial charge in [0, 0.05) is 24.8 Å². The van der Waals surface area contributed by atoms with Crippen molar-refractivity contribution < 1.29 is 8.78 Å². The number of hydrogen-bond acceptors (Lipinski definition) is 2. The van der Waals surface area contributed by atoms with Gasteiger partial charge >= 0.3 is 0 Å². The highest BCUT2D eigenvalue weighted by molar-refractivity contribution is 5.47. The lowest BCUT2D eigenvalue weighted by Gasteiger charge is -2.38. The average Bonchev–Trinajstić information content (AvgIpc) is 2.50. The van der Waals surface area contributed by atoms with Gasteiger partial charge in [0.1, 0.15) is 11.6 Å². The van der Waals surface area contributed by atoms with Gasteiger partial charge in [0.05, 0.1) is 0 Å². The highest BCUT2D eigenvalue weighted by Crippen LogP contribution is 2.25. The Bertz CT molecular complexity index is 610. The quantitative estimate of drug-likeness (QED) is 0.942. The molecule has 0 bridgehead atoms. The molecule has 0 amide bonds. The van der Waals surface area contributed by atoms with Gasteiger partial charge < -0.3 is 10.6 Å². The number of rotatable bonds is 3. The summed E-state index contributed by atoms with van der Waals surface area (Å²) in [6, 6.07) is 13.3. The second kappa shape index (κ2) is 6.44. The summed E-state index contributed by atoms with van der Waals surface area (Å²) < 4.78 is 26.0. The molecule has 1 aliphatic rings. The lowest BCUT2D eigenvalue weighted by molar-refractivity contribution is 0.374. The molecular formula is C18H20F2N2. The zero-order chi connectivity index (χ0) is 15.5. The van der Waals surface area contributed by atoms with E-state index in [0.29, 0.717) is 5.92 Å².